The summed E-state index contributed by atoms with van der Waals surface area (Å²) < 4.78 is 71.0. The molecule has 0 bridgehead atoms. The van der Waals surface area contributed by atoms with Gasteiger partial charge >= 0.3 is 20.2 Å². The van der Waals surface area contributed by atoms with Gasteiger partial charge in [0.15, 0.2) is 35.4 Å². The number of methoxy groups -OCH3 is 2. The third-order valence-corrected chi connectivity index (χ3v) is 13.1. The zero-order valence-corrected chi connectivity index (χ0v) is 35.4. The molecule has 3 aliphatic heterocycles. The summed E-state index contributed by atoms with van der Waals surface area (Å²) >= 11 is 5.51. The van der Waals surface area contributed by atoms with Crippen molar-refractivity contribution in [2.75, 3.05) is 44.6 Å². The molecule has 0 aliphatic carbocycles. The van der Waals surface area contributed by atoms with Gasteiger partial charge in [-0.25, -0.2) is 39.3 Å². The highest BCUT2D eigenvalue weighted by molar-refractivity contribution is 8.07. The van der Waals surface area contributed by atoms with Crippen LogP contribution >= 0.6 is 14.5 Å². The third-order valence-electron chi connectivity index (χ3n) is 10.6. The van der Waals surface area contributed by atoms with E-state index in [1.165, 1.54) is 50.0 Å². The molecular weight excluding hydrogens is 868 g/mol. The summed E-state index contributed by atoms with van der Waals surface area (Å²) in [6.45, 7) is -1.50. The fraction of sp³-hybridized carbons (Fsp3) is 0.562. The number of nitrogens with two attached hydrogens (primary N) is 3. The van der Waals surface area contributed by atoms with Crippen molar-refractivity contribution in [2.45, 2.75) is 81.7 Å². The van der Waals surface area contributed by atoms with E-state index in [4.69, 9.17) is 70.8 Å². The Morgan fingerprint density at radius 1 is 0.787 bits per heavy atom. The average molecular weight is 912 g/mol. The van der Waals surface area contributed by atoms with Crippen molar-refractivity contribution in [3.8, 4) is 0 Å². The van der Waals surface area contributed by atoms with Crippen molar-refractivity contribution in [1.82, 2.24) is 48.6 Å². The summed E-state index contributed by atoms with van der Waals surface area (Å²) in [5.41, 5.74) is 18.4. The van der Waals surface area contributed by atoms with Crippen LogP contribution in [0.1, 0.15) is 39.0 Å². The molecule has 8 N–H and O–H groups in total. The first-order valence-electron chi connectivity index (χ1n) is 18.6. The maximum atomic E-state index is 13.6. The molecule has 29 heteroatoms. The highest BCUT2D eigenvalue weighted by Crippen LogP contribution is 2.53. The van der Waals surface area contributed by atoms with Gasteiger partial charge in [-0.15, -0.1) is 0 Å². The van der Waals surface area contributed by atoms with E-state index in [0.29, 0.717) is 17.6 Å². The smallest absolute Gasteiger partial charge is 0.383 e. The van der Waals surface area contributed by atoms with Gasteiger partial charge in [0.25, 0.3) is 0 Å². The Balaban J connectivity index is 0.989. The normalized spacial score (nSPS) is 31.2. The number of aromatic nitrogens is 10. The van der Waals surface area contributed by atoms with Crippen LogP contribution in [-0.2, 0) is 58.2 Å². The SMILES string of the molecule is COC1[C@@H](OP(=O)(O)OC[C@H]2O[C@@H](n3cnc4c(N)ncnc43)C(OC)[C@H]2OP(O)(=S)OC[C@H]2O[C@@H](n3cnc4c(N)ncnc43)C[C@H]2C)[C@@H](C)O[C@H]1n1ccc(N)nc1=O. The Morgan fingerprint density at radius 3 is 2.05 bits per heavy atom. The van der Waals surface area contributed by atoms with Crippen LogP contribution in [0.25, 0.3) is 22.3 Å². The van der Waals surface area contributed by atoms with Crippen LogP contribution < -0.4 is 22.9 Å². The molecule has 61 heavy (non-hydrogen) atoms. The van der Waals surface area contributed by atoms with Crippen LogP contribution in [0.2, 0.25) is 0 Å². The standard InChI is InChI=1S/C32H43N13O13P2S/c1-14-7-19(44-12-40-20-26(34)36-10-38-28(20)44)55-16(14)8-53-60(49,61)58-23-17(56-31(25(23)51-4)45-13-41-21-27(35)37-11-39-29(21)45)9-52-59(47,48)57-22-15(2)54-30(24(22)50-3)43-6-5-18(33)42-32(43)46/h5-6,10-17,19,22-25,30-31H,7-9H2,1-4H3,(H,47,48)(H,49,61)(H2,33,42,46)(H2,34,36,38)(H2,35,37,39)/t14-,15-,16-,17-,19-,22+,23+,24?,25?,30-,31-,60?/m1/s1. The number of fused-ring (bicyclic) bond motifs is 2. The molecule has 0 aromatic carbocycles. The molecule has 5 aromatic heterocycles. The number of hydrogen-bond donors (Lipinski definition) is 5. The Labute approximate surface area is 350 Å². The molecule has 3 fully saturated rings. The zero-order chi connectivity index (χ0) is 43.4. The van der Waals surface area contributed by atoms with Crippen molar-refractivity contribution in [3.63, 3.8) is 0 Å². The molecule has 8 heterocycles. The topological polar surface area (TPSA) is 341 Å². The summed E-state index contributed by atoms with van der Waals surface area (Å²) in [6.07, 6.45) is -2.58. The van der Waals surface area contributed by atoms with Gasteiger partial charge in [-0.05, 0) is 37.1 Å². The minimum Gasteiger partial charge on any atom is -0.383 e. The minimum atomic E-state index is -4.99. The second-order valence-corrected chi connectivity index (χ2v) is 18.6. The molecule has 4 unspecified atom stereocenters. The van der Waals surface area contributed by atoms with Gasteiger partial charge in [-0.2, -0.15) is 4.98 Å². The maximum Gasteiger partial charge on any atom is 0.472 e. The average Bonchev–Trinajstić information content (AvgIpc) is 4.04. The number of anilines is 3. The van der Waals surface area contributed by atoms with Crippen molar-refractivity contribution in [1.29, 1.82) is 0 Å². The van der Waals surface area contributed by atoms with E-state index >= 15 is 0 Å². The van der Waals surface area contributed by atoms with Gasteiger partial charge in [-0.3, -0.25) is 27.3 Å². The number of phosphoric acid groups is 1. The van der Waals surface area contributed by atoms with E-state index in [0.717, 1.165) is 4.57 Å². The number of rotatable bonds is 15. The predicted molar refractivity (Wildman–Crippen MR) is 213 cm³/mol. The highest BCUT2D eigenvalue weighted by Gasteiger charge is 2.52. The number of hydrogen-bond acceptors (Lipinski definition) is 22. The molecule has 0 spiro atoms. The quantitative estimate of drug-likeness (QED) is 0.0896. The lowest BCUT2D eigenvalue weighted by Crippen LogP contribution is -2.38. The van der Waals surface area contributed by atoms with E-state index in [1.807, 2.05) is 6.92 Å². The Hall–Kier alpha value is -4.18. The molecule has 3 saturated heterocycles. The summed E-state index contributed by atoms with van der Waals surface area (Å²) in [5.74, 6) is 0.253. The molecule has 3 aliphatic rings. The Morgan fingerprint density at radius 2 is 1.39 bits per heavy atom. The lowest BCUT2D eigenvalue weighted by atomic mass is 10.0. The molecule has 26 nitrogen and oxygen atoms in total. The summed E-state index contributed by atoms with van der Waals surface area (Å²) in [5, 5.41) is 0. The maximum absolute atomic E-state index is 13.6. The highest BCUT2D eigenvalue weighted by atomic mass is 32.5. The van der Waals surface area contributed by atoms with Gasteiger partial charge in [0.05, 0.1) is 38.1 Å². The second kappa shape index (κ2) is 17.2. The minimum absolute atomic E-state index is 0.00703. The molecule has 0 saturated carbocycles. The molecule has 0 amide bonds. The first-order chi connectivity index (χ1) is 29.1. The number of nitrogens with zero attached hydrogens (tertiary/aromatic N) is 10. The Bertz CT molecular complexity index is 2550. The number of phosphoric ester groups is 1. The number of ether oxygens (including phenoxy) is 5. The third kappa shape index (κ3) is 8.64. The summed E-state index contributed by atoms with van der Waals surface area (Å²) in [4.78, 5) is 64.1. The molecule has 13 atom stereocenters. The predicted octanol–water partition coefficient (Wildman–Crippen LogP) is 0.559. The van der Waals surface area contributed by atoms with Gasteiger partial charge in [0.2, 0.25) is 0 Å². The molecule has 330 valence electrons. The first-order valence-corrected chi connectivity index (χ1v) is 22.7. The molecule has 5 aromatic rings. The molecule has 8 rings (SSSR count). The van der Waals surface area contributed by atoms with Gasteiger partial charge < -0.3 is 55.2 Å². The van der Waals surface area contributed by atoms with Crippen molar-refractivity contribution >= 4 is 66.1 Å². The van der Waals surface area contributed by atoms with E-state index in [2.05, 4.69) is 34.9 Å². The lowest BCUT2D eigenvalue weighted by molar-refractivity contribution is -0.0625. The summed E-state index contributed by atoms with van der Waals surface area (Å²) in [6, 6.07) is 1.39. The van der Waals surface area contributed by atoms with Crippen LogP contribution in [0.5, 0.6) is 0 Å². The zero-order valence-electron chi connectivity index (χ0n) is 32.8. The second-order valence-electron chi connectivity index (χ2n) is 14.4. The van der Waals surface area contributed by atoms with Gasteiger partial charge in [0.1, 0.15) is 66.3 Å². The van der Waals surface area contributed by atoms with Crippen LogP contribution in [0.3, 0.4) is 0 Å². The fourth-order valence-electron chi connectivity index (χ4n) is 7.57. The van der Waals surface area contributed by atoms with E-state index in [9.17, 15) is 19.1 Å². The number of nitrogen functional groups attached to an aromatic ring is 3. The van der Waals surface area contributed by atoms with Crippen molar-refractivity contribution in [3.05, 3.63) is 48.1 Å². The van der Waals surface area contributed by atoms with Crippen molar-refractivity contribution in [2.24, 2.45) is 5.92 Å². The fourth-order valence-corrected chi connectivity index (χ4v) is 10.0. The largest absolute Gasteiger partial charge is 0.472 e. The van der Waals surface area contributed by atoms with Crippen LogP contribution in [0, 0.1) is 5.92 Å². The van der Waals surface area contributed by atoms with Gasteiger partial charge in [-0.1, -0.05) is 6.92 Å². The van der Waals surface area contributed by atoms with Gasteiger partial charge in [0, 0.05) is 20.4 Å². The Kier molecular flexibility index (Phi) is 12.2. The van der Waals surface area contributed by atoms with E-state index < -0.39 is 88.2 Å². The van der Waals surface area contributed by atoms with E-state index in [-0.39, 0.29) is 41.1 Å². The van der Waals surface area contributed by atoms with Crippen LogP contribution in [0.4, 0.5) is 17.5 Å². The molecular formula is C32H43N13O13P2S. The number of imidazole rings is 2. The monoisotopic (exact) mass is 911 g/mol. The first kappa shape index (κ1) is 43.5. The van der Waals surface area contributed by atoms with Crippen LogP contribution in [0.15, 0.2) is 42.4 Å². The lowest BCUT2D eigenvalue weighted by Gasteiger charge is -2.28. The van der Waals surface area contributed by atoms with Crippen molar-refractivity contribution < 1.29 is 56.1 Å². The van der Waals surface area contributed by atoms with Crippen LogP contribution in [-0.4, -0.2) is 129 Å². The summed E-state index contributed by atoms with van der Waals surface area (Å²) in [7, 11) is -2.31. The molecule has 0 radical (unpaired) electrons. The van der Waals surface area contributed by atoms with E-state index in [1.54, 1.807) is 17.8 Å².